The van der Waals surface area contributed by atoms with Crippen molar-refractivity contribution in [3.63, 3.8) is 0 Å². The van der Waals surface area contributed by atoms with Gasteiger partial charge in [-0.1, -0.05) is 103 Å². The van der Waals surface area contributed by atoms with Gasteiger partial charge >= 0.3 is 0 Å². The molecule has 0 bridgehead atoms. The molecule has 0 aliphatic carbocycles. The topological polar surface area (TPSA) is 57.4 Å². The van der Waals surface area contributed by atoms with E-state index in [1.807, 2.05) is 91.1 Å². The van der Waals surface area contributed by atoms with Crippen LogP contribution in [0.25, 0.3) is 55.6 Å². The van der Waals surface area contributed by atoms with E-state index in [0.717, 1.165) is 33.2 Å². The van der Waals surface area contributed by atoms with Crippen LogP contribution in [0.3, 0.4) is 0 Å². The third-order valence-corrected chi connectivity index (χ3v) is 8.58. The molecule has 0 saturated heterocycles. The summed E-state index contributed by atoms with van der Waals surface area (Å²) in [6.45, 7) is -0.133. The molecule has 51 heavy (non-hydrogen) atoms. The summed E-state index contributed by atoms with van der Waals surface area (Å²) in [6, 6.07) is 41.5. The van der Waals surface area contributed by atoms with Gasteiger partial charge in [0.05, 0.1) is 5.58 Å². The molecular formula is C45H34IrN2O3-2. The fourth-order valence-corrected chi connectivity index (χ4v) is 5.97. The van der Waals surface area contributed by atoms with Crippen LogP contribution in [0, 0.1) is 25.8 Å². The Balaban J connectivity index is 0.000000173. The van der Waals surface area contributed by atoms with Crippen LogP contribution in [-0.2, 0) is 20.1 Å². The van der Waals surface area contributed by atoms with Gasteiger partial charge in [-0.2, -0.15) is 0 Å². The average Bonchev–Trinajstić information content (AvgIpc) is 3.59. The van der Waals surface area contributed by atoms with Crippen LogP contribution >= 0.6 is 0 Å². The first-order valence-electron chi connectivity index (χ1n) is 19.2. The van der Waals surface area contributed by atoms with E-state index < -0.39 is 13.7 Å². The number of furan rings is 1. The van der Waals surface area contributed by atoms with Crippen LogP contribution in [0.1, 0.15) is 44.7 Å². The smallest absolute Gasteiger partial charge is 0.212 e. The van der Waals surface area contributed by atoms with Crippen molar-refractivity contribution in [2.45, 2.75) is 33.5 Å². The minimum atomic E-state index is -2.27. The molecule has 0 unspecified atom stereocenters. The van der Waals surface area contributed by atoms with Crippen molar-refractivity contribution in [2.24, 2.45) is 0 Å². The van der Waals surface area contributed by atoms with Gasteiger partial charge in [-0.05, 0) is 65.6 Å². The number of hydrogen-bond acceptors (Lipinski definition) is 5. The number of fused-ring (bicyclic) bond motifs is 6. The third-order valence-electron chi connectivity index (χ3n) is 8.58. The second kappa shape index (κ2) is 14.4. The maximum atomic E-state index is 7.77. The fraction of sp³-hybridized carbons (Fsp3) is 0.111. The largest absolute Gasteiger partial charge is 0.497 e. The minimum absolute atomic E-state index is 0. The molecule has 0 amide bonds. The van der Waals surface area contributed by atoms with Gasteiger partial charge in [-0.15, -0.1) is 47.5 Å². The van der Waals surface area contributed by atoms with Crippen molar-refractivity contribution < 1.29 is 42.2 Å². The molecule has 0 spiro atoms. The predicted octanol–water partition coefficient (Wildman–Crippen LogP) is 12.3. The van der Waals surface area contributed by atoms with Crippen molar-refractivity contribution in [2.75, 3.05) is 0 Å². The SMILES string of the molecule is CC(C)c1ccnc(-c2[c-]ccc3c2oc2c4c(ccc23)Oc2ccccc2O4)c1.[2H]C([2H])([2H])c1ccc(-c2[c-]cc(C([2H])([2H])[2H])c(-c3ccccc3)c2)nc1.[Ir]. The van der Waals surface area contributed by atoms with Crippen LogP contribution in [0.15, 0.2) is 132 Å². The van der Waals surface area contributed by atoms with Gasteiger partial charge in [0.15, 0.2) is 22.8 Å². The third kappa shape index (κ3) is 6.69. The van der Waals surface area contributed by atoms with Crippen molar-refractivity contribution in [3.8, 4) is 56.6 Å². The summed E-state index contributed by atoms with van der Waals surface area (Å²) >= 11 is 0. The minimum Gasteiger partial charge on any atom is -0.497 e. The van der Waals surface area contributed by atoms with Crippen molar-refractivity contribution >= 4 is 21.9 Å². The molecule has 0 fully saturated rings. The van der Waals surface area contributed by atoms with Crippen LogP contribution in [0.2, 0.25) is 0 Å². The van der Waals surface area contributed by atoms with E-state index in [1.54, 1.807) is 12.1 Å². The molecule has 253 valence electrons. The first-order valence-corrected chi connectivity index (χ1v) is 16.2. The Morgan fingerprint density at radius 1 is 0.706 bits per heavy atom. The summed E-state index contributed by atoms with van der Waals surface area (Å²) in [5.41, 5.74) is 7.21. The van der Waals surface area contributed by atoms with Crippen molar-refractivity contribution in [1.29, 1.82) is 0 Å². The normalized spacial score (nSPS) is 13.7. The Hall–Kier alpha value is -5.55. The monoisotopic (exact) mass is 849 g/mol. The van der Waals surface area contributed by atoms with Gasteiger partial charge in [-0.25, -0.2) is 0 Å². The molecule has 1 aliphatic heterocycles. The molecule has 3 aromatic heterocycles. The summed E-state index contributed by atoms with van der Waals surface area (Å²) < 4.78 is 64.1. The zero-order valence-electron chi connectivity index (χ0n) is 33.7. The van der Waals surface area contributed by atoms with E-state index in [0.29, 0.717) is 51.3 Å². The second-order valence-corrected chi connectivity index (χ2v) is 12.2. The zero-order chi connectivity index (χ0) is 39.2. The van der Waals surface area contributed by atoms with Crippen LogP contribution < -0.4 is 9.47 Å². The van der Waals surface area contributed by atoms with E-state index in [9.17, 15) is 0 Å². The molecule has 9 rings (SSSR count). The maximum Gasteiger partial charge on any atom is 0.212 e. The number of pyridine rings is 2. The van der Waals surface area contributed by atoms with Gasteiger partial charge in [0.2, 0.25) is 5.75 Å². The molecule has 5 aromatic carbocycles. The molecule has 8 aromatic rings. The molecule has 0 N–H and O–H groups in total. The van der Waals surface area contributed by atoms with Gasteiger partial charge in [0, 0.05) is 46.1 Å². The number of nitrogens with zero attached hydrogens (tertiary/aromatic N) is 2. The quantitative estimate of drug-likeness (QED) is 0.165. The Morgan fingerprint density at radius 3 is 2.27 bits per heavy atom. The Bertz CT molecular complexity index is 2710. The number of rotatable bonds is 4. The number of aryl methyl sites for hydroxylation is 2. The number of benzene rings is 5. The molecule has 4 heterocycles. The van der Waals surface area contributed by atoms with E-state index >= 15 is 0 Å². The van der Waals surface area contributed by atoms with Gasteiger partial charge in [0.25, 0.3) is 0 Å². The summed E-state index contributed by atoms with van der Waals surface area (Å²) in [7, 11) is 0. The van der Waals surface area contributed by atoms with Crippen LogP contribution in [0.4, 0.5) is 0 Å². The van der Waals surface area contributed by atoms with Crippen molar-refractivity contribution in [3.05, 3.63) is 156 Å². The van der Waals surface area contributed by atoms with Crippen LogP contribution in [0.5, 0.6) is 23.0 Å². The van der Waals surface area contributed by atoms with E-state index in [4.69, 9.17) is 22.1 Å². The van der Waals surface area contributed by atoms with E-state index in [2.05, 4.69) is 42.0 Å². The van der Waals surface area contributed by atoms with Gasteiger partial charge < -0.3 is 23.9 Å². The number of hydrogen-bond donors (Lipinski definition) is 0. The summed E-state index contributed by atoms with van der Waals surface area (Å²) in [5, 5.41) is 1.97. The Labute approximate surface area is 319 Å². The first-order chi connectivity index (χ1) is 26.8. The summed E-state index contributed by atoms with van der Waals surface area (Å²) in [4.78, 5) is 8.79. The van der Waals surface area contributed by atoms with Gasteiger partial charge in [0.1, 0.15) is 0 Å². The Morgan fingerprint density at radius 2 is 1.51 bits per heavy atom. The molecule has 1 radical (unpaired) electrons. The number of aromatic nitrogens is 2. The molecule has 6 heteroatoms. The summed E-state index contributed by atoms with van der Waals surface area (Å²) in [6.07, 6.45) is 3.16. The average molecular weight is 849 g/mol. The molecule has 5 nitrogen and oxygen atoms in total. The standard InChI is InChI=1S/C26H18NO3.C19H16N.Ir/c1-15(2)16-12-13-27-20(14-16)19-7-5-6-17-18-10-11-23-26(25(18)30-24(17)19)29-22-9-4-3-8-21(22)28-23;1-14-8-11-19(20-13-14)17-10-9-15(2)18(12-17)16-6-4-3-5-7-16;/h3-6,8-15H,1-2H3;3-9,11-13H,1-2H3;/q2*-1;/i;1D3,2D3;. The predicted molar refractivity (Wildman–Crippen MR) is 200 cm³/mol. The van der Waals surface area contributed by atoms with Crippen molar-refractivity contribution in [1.82, 2.24) is 9.97 Å². The summed E-state index contributed by atoms with van der Waals surface area (Å²) in [5.74, 6) is 3.03. The first kappa shape index (κ1) is 27.2. The van der Waals surface area contributed by atoms with E-state index in [-0.39, 0.29) is 31.2 Å². The molecule has 0 atom stereocenters. The van der Waals surface area contributed by atoms with Crippen LogP contribution in [-0.4, -0.2) is 9.97 Å². The molecular weight excluding hydrogens is 809 g/mol. The fourth-order valence-electron chi connectivity index (χ4n) is 5.97. The Kier molecular flexibility index (Phi) is 7.66. The van der Waals surface area contributed by atoms with E-state index in [1.165, 1.54) is 23.9 Å². The number of ether oxygens (including phenoxy) is 2. The molecule has 0 saturated carbocycles. The van der Waals surface area contributed by atoms with Gasteiger partial charge in [-0.3, -0.25) is 0 Å². The maximum absolute atomic E-state index is 7.77. The zero-order valence-corrected chi connectivity index (χ0v) is 30.0. The number of para-hydroxylation sites is 2. The molecule has 1 aliphatic rings. The second-order valence-electron chi connectivity index (χ2n) is 12.2.